The van der Waals surface area contributed by atoms with Crippen LogP contribution in [0.4, 0.5) is 10.1 Å². The van der Waals surface area contributed by atoms with E-state index in [0.717, 1.165) is 33.5 Å². The molecule has 1 rings (SSSR count). The summed E-state index contributed by atoms with van der Waals surface area (Å²) >= 11 is 0. The number of benzene rings is 1. The highest BCUT2D eigenvalue weighted by Gasteiger charge is 2.23. The van der Waals surface area contributed by atoms with E-state index in [-0.39, 0.29) is 17.1 Å². The topological polar surface area (TPSA) is 100 Å². The number of esters is 3. The Labute approximate surface area is 137 Å². The number of ether oxygens (including phenoxy) is 4. The van der Waals surface area contributed by atoms with Gasteiger partial charge in [0.1, 0.15) is 17.1 Å². The van der Waals surface area contributed by atoms with E-state index in [2.05, 4.69) is 19.5 Å². The maximum Gasteiger partial charge on any atom is 0.354 e. The summed E-state index contributed by atoms with van der Waals surface area (Å²) in [5, 5.41) is 2.55. The van der Waals surface area contributed by atoms with Gasteiger partial charge in [0.2, 0.25) is 0 Å². The first-order valence-electron chi connectivity index (χ1n) is 6.49. The van der Waals surface area contributed by atoms with Crippen molar-refractivity contribution >= 4 is 23.6 Å². The zero-order valence-electron chi connectivity index (χ0n) is 13.5. The van der Waals surface area contributed by atoms with Crippen LogP contribution in [0.15, 0.2) is 23.9 Å². The van der Waals surface area contributed by atoms with Gasteiger partial charge >= 0.3 is 17.9 Å². The Morgan fingerprint density at radius 1 is 1.04 bits per heavy atom. The van der Waals surface area contributed by atoms with Crippen LogP contribution in [0, 0.1) is 5.82 Å². The predicted octanol–water partition coefficient (Wildman–Crippen LogP) is 1.26. The summed E-state index contributed by atoms with van der Waals surface area (Å²) in [6.45, 7) is 0. The standard InChI is InChI=1S/C15H16FNO7/c1-21-11(18)7-10(14(19)23-3)17-9-6-5-8(16)12(13(9)22-2)15(20)24-4/h5-7,17H,1-4H3/b10-7+. The van der Waals surface area contributed by atoms with Crippen LogP contribution in [0.3, 0.4) is 0 Å². The van der Waals surface area contributed by atoms with Gasteiger partial charge in [-0.25, -0.2) is 18.8 Å². The lowest BCUT2D eigenvalue weighted by Crippen LogP contribution is -2.17. The second-order valence-corrected chi connectivity index (χ2v) is 4.19. The van der Waals surface area contributed by atoms with Crippen LogP contribution in [0.1, 0.15) is 10.4 Å². The summed E-state index contributed by atoms with van der Waals surface area (Å²) in [4.78, 5) is 34.8. The van der Waals surface area contributed by atoms with Crippen LogP contribution < -0.4 is 10.1 Å². The summed E-state index contributed by atoms with van der Waals surface area (Å²) in [6, 6.07) is 2.19. The van der Waals surface area contributed by atoms with E-state index in [1.165, 1.54) is 13.2 Å². The molecule has 0 saturated heterocycles. The number of anilines is 1. The molecule has 24 heavy (non-hydrogen) atoms. The van der Waals surface area contributed by atoms with Gasteiger partial charge in [-0.05, 0) is 12.1 Å². The Morgan fingerprint density at radius 2 is 1.71 bits per heavy atom. The number of hydrogen-bond acceptors (Lipinski definition) is 8. The van der Waals surface area contributed by atoms with Gasteiger partial charge in [-0.3, -0.25) is 0 Å². The van der Waals surface area contributed by atoms with Gasteiger partial charge in [0, 0.05) is 0 Å². The molecule has 0 fully saturated rings. The molecule has 0 heterocycles. The molecular weight excluding hydrogens is 325 g/mol. The quantitative estimate of drug-likeness (QED) is 0.469. The average Bonchev–Trinajstić information content (AvgIpc) is 2.60. The van der Waals surface area contributed by atoms with E-state index in [9.17, 15) is 18.8 Å². The third-order valence-electron chi connectivity index (χ3n) is 2.84. The fraction of sp³-hybridized carbons (Fsp3) is 0.267. The number of carbonyl (C=O) groups excluding carboxylic acids is 3. The maximum atomic E-state index is 13.9. The Bertz CT molecular complexity index is 685. The SMILES string of the molecule is COC(=O)/C=C(/Nc1ccc(F)c(C(=O)OC)c1OC)C(=O)OC. The van der Waals surface area contributed by atoms with Crippen molar-refractivity contribution in [3.05, 3.63) is 35.3 Å². The molecule has 130 valence electrons. The molecule has 0 unspecified atom stereocenters. The first kappa shape index (κ1) is 18.9. The monoisotopic (exact) mass is 341 g/mol. The highest BCUT2D eigenvalue weighted by atomic mass is 19.1. The van der Waals surface area contributed by atoms with Crippen LogP contribution in [0.2, 0.25) is 0 Å². The molecule has 0 atom stereocenters. The summed E-state index contributed by atoms with van der Waals surface area (Å²) in [5.41, 5.74) is -0.725. The van der Waals surface area contributed by atoms with E-state index in [1.54, 1.807) is 0 Å². The van der Waals surface area contributed by atoms with Gasteiger partial charge < -0.3 is 24.3 Å². The lowest BCUT2D eigenvalue weighted by Gasteiger charge is -2.15. The molecule has 1 aromatic rings. The lowest BCUT2D eigenvalue weighted by atomic mass is 10.1. The number of hydrogen-bond donors (Lipinski definition) is 1. The third kappa shape index (κ3) is 4.22. The van der Waals surface area contributed by atoms with Crippen molar-refractivity contribution < 1.29 is 37.7 Å². The number of methoxy groups -OCH3 is 4. The summed E-state index contributed by atoms with van der Waals surface area (Å²) in [6.07, 6.45) is 0.840. The molecule has 0 radical (unpaired) electrons. The van der Waals surface area contributed by atoms with Crippen molar-refractivity contribution in [1.82, 2.24) is 0 Å². The van der Waals surface area contributed by atoms with E-state index in [1.807, 2.05) is 0 Å². The smallest absolute Gasteiger partial charge is 0.354 e. The number of halogens is 1. The molecule has 0 bridgehead atoms. The molecule has 0 amide bonds. The minimum absolute atomic E-state index is 0.0415. The number of rotatable bonds is 6. The van der Waals surface area contributed by atoms with Crippen LogP contribution in [0.5, 0.6) is 5.75 Å². The van der Waals surface area contributed by atoms with Crippen molar-refractivity contribution in [1.29, 1.82) is 0 Å². The molecule has 0 aromatic heterocycles. The van der Waals surface area contributed by atoms with E-state index >= 15 is 0 Å². The largest absolute Gasteiger partial charge is 0.494 e. The zero-order valence-corrected chi connectivity index (χ0v) is 13.5. The fourth-order valence-corrected chi connectivity index (χ4v) is 1.74. The van der Waals surface area contributed by atoms with Gasteiger partial charge in [-0.1, -0.05) is 0 Å². The first-order chi connectivity index (χ1) is 11.4. The van der Waals surface area contributed by atoms with Crippen LogP contribution in [0.25, 0.3) is 0 Å². The Balaban J connectivity index is 3.39. The van der Waals surface area contributed by atoms with E-state index in [0.29, 0.717) is 0 Å². The minimum atomic E-state index is -0.968. The summed E-state index contributed by atoms with van der Waals surface area (Å²) in [5.74, 6) is -3.75. The molecule has 0 aliphatic heterocycles. The zero-order chi connectivity index (χ0) is 18.3. The molecule has 8 nitrogen and oxygen atoms in total. The van der Waals surface area contributed by atoms with Crippen molar-refractivity contribution in [3.63, 3.8) is 0 Å². The molecule has 0 aliphatic carbocycles. The Hall–Kier alpha value is -3.10. The van der Waals surface area contributed by atoms with Crippen molar-refractivity contribution in [2.45, 2.75) is 0 Å². The normalized spacial score (nSPS) is 10.6. The van der Waals surface area contributed by atoms with E-state index in [4.69, 9.17) is 4.74 Å². The fourth-order valence-electron chi connectivity index (χ4n) is 1.74. The molecule has 9 heteroatoms. The Morgan fingerprint density at radius 3 is 2.21 bits per heavy atom. The van der Waals surface area contributed by atoms with Gasteiger partial charge in [-0.15, -0.1) is 0 Å². The third-order valence-corrected chi connectivity index (χ3v) is 2.84. The molecule has 1 N–H and O–H groups in total. The average molecular weight is 341 g/mol. The second-order valence-electron chi connectivity index (χ2n) is 4.19. The second kappa shape index (κ2) is 8.51. The van der Waals surface area contributed by atoms with Crippen LogP contribution in [-0.4, -0.2) is 46.3 Å². The molecule has 0 aliphatic rings. The first-order valence-corrected chi connectivity index (χ1v) is 6.49. The molecular formula is C15H16FNO7. The molecule has 1 aromatic carbocycles. The summed E-state index contributed by atoms with van der Waals surface area (Å²) < 4.78 is 32.4. The highest BCUT2D eigenvalue weighted by molar-refractivity contribution is 6.00. The van der Waals surface area contributed by atoms with Crippen molar-refractivity contribution in [3.8, 4) is 5.75 Å². The lowest BCUT2D eigenvalue weighted by molar-refractivity contribution is -0.138. The minimum Gasteiger partial charge on any atom is -0.494 e. The summed E-state index contributed by atoms with van der Waals surface area (Å²) in [7, 11) is 4.52. The molecule has 0 spiro atoms. The van der Waals surface area contributed by atoms with Gasteiger partial charge in [-0.2, -0.15) is 0 Å². The van der Waals surface area contributed by atoms with Crippen molar-refractivity contribution in [2.24, 2.45) is 0 Å². The van der Waals surface area contributed by atoms with Crippen molar-refractivity contribution in [2.75, 3.05) is 33.8 Å². The predicted molar refractivity (Wildman–Crippen MR) is 80.0 cm³/mol. The van der Waals surface area contributed by atoms with Crippen LogP contribution in [-0.2, 0) is 23.8 Å². The maximum absolute atomic E-state index is 13.9. The number of carbonyl (C=O) groups is 3. The Kier molecular flexibility index (Phi) is 6.72. The van der Waals surface area contributed by atoms with E-state index < -0.39 is 29.3 Å². The highest BCUT2D eigenvalue weighted by Crippen LogP contribution is 2.32. The van der Waals surface area contributed by atoms with Crippen LogP contribution >= 0.6 is 0 Å². The van der Waals surface area contributed by atoms with Gasteiger partial charge in [0.05, 0.1) is 40.2 Å². The number of nitrogens with one attached hydrogen (secondary N) is 1. The van der Waals surface area contributed by atoms with Gasteiger partial charge in [0.25, 0.3) is 0 Å². The van der Waals surface area contributed by atoms with Gasteiger partial charge in [0.15, 0.2) is 5.75 Å². The molecule has 0 saturated carbocycles.